The Labute approximate surface area is 203 Å². The lowest BCUT2D eigenvalue weighted by atomic mass is 9.99. The molecule has 168 valence electrons. The first-order chi connectivity index (χ1) is 16.5. The van der Waals surface area contributed by atoms with Gasteiger partial charge in [0, 0.05) is 29.7 Å². The first-order valence-corrected chi connectivity index (χ1v) is 12.5. The average molecular weight is 486 g/mol. The van der Waals surface area contributed by atoms with Gasteiger partial charge >= 0.3 is 0 Å². The summed E-state index contributed by atoms with van der Waals surface area (Å²) in [6.45, 7) is 3.26. The number of carbonyl (C=O) groups is 1. The largest absolute Gasteiger partial charge is 0.334 e. The number of hydrogen-bond donors (Lipinski definition) is 0. The molecule has 6 rings (SSSR count). The number of rotatable bonds is 3. The van der Waals surface area contributed by atoms with E-state index in [9.17, 15) is 9.59 Å². The molecule has 4 heterocycles. The number of benzene rings is 2. The van der Waals surface area contributed by atoms with Crippen molar-refractivity contribution in [1.82, 2.24) is 24.5 Å². The van der Waals surface area contributed by atoms with Gasteiger partial charge in [-0.1, -0.05) is 47.4 Å². The molecule has 0 fully saturated rings. The highest BCUT2D eigenvalue weighted by Crippen LogP contribution is 2.31. The fourth-order valence-corrected chi connectivity index (χ4v) is 6.04. The Morgan fingerprint density at radius 1 is 1.09 bits per heavy atom. The lowest BCUT2D eigenvalue weighted by Crippen LogP contribution is -2.35. The molecular weight excluding hydrogens is 466 g/mol. The molecule has 0 saturated carbocycles. The number of pyridine rings is 1. The fraction of sp³-hybridized carbons (Fsp3) is 0.160. The van der Waals surface area contributed by atoms with Crippen LogP contribution in [0.25, 0.3) is 16.0 Å². The van der Waals surface area contributed by atoms with Gasteiger partial charge in [0.2, 0.25) is 4.96 Å². The summed E-state index contributed by atoms with van der Waals surface area (Å²) in [5, 5.41) is 4.92. The van der Waals surface area contributed by atoms with Crippen LogP contribution in [0.3, 0.4) is 0 Å². The van der Waals surface area contributed by atoms with Crippen LogP contribution in [-0.4, -0.2) is 36.9 Å². The molecule has 9 heteroatoms. The highest BCUT2D eigenvalue weighted by molar-refractivity contribution is 8.01. The Kier molecular flexibility index (Phi) is 5.15. The Morgan fingerprint density at radius 2 is 1.88 bits per heavy atom. The number of nitrogens with zero attached hydrogens (tertiary/aromatic N) is 5. The van der Waals surface area contributed by atoms with Crippen molar-refractivity contribution in [3.8, 4) is 0 Å². The van der Waals surface area contributed by atoms with Gasteiger partial charge in [-0.2, -0.15) is 9.50 Å². The predicted molar refractivity (Wildman–Crippen MR) is 133 cm³/mol. The van der Waals surface area contributed by atoms with Gasteiger partial charge in [0.05, 0.1) is 5.39 Å². The summed E-state index contributed by atoms with van der Waals surface area (Å²) < 4.78 is 2.03. The molecule has 0 N–H and O–H groups in total. The summed E-state index contributed by atoms with van der Waals surface area (Å²) in [6.07, 6.45) is 2.58. The molecule has 0 unspecified atom stereocenters. The molecule has 2 aromatic carbocycles. The molecule has 3 aromatic heterocycles. The van der Waals surface area contributed by atoms with Crippen LogP contribution in [0.15, 0.2) is 74.8 Å². The molecule has 5 aromatic rings. The highest BCUT2D eigenvalue weighted by Gasteiger charge is 2.21. The molecular formula is C25H19N5O2S2. The maximum absolute atomic E-state index is 13.0. The topological polar surface area (TPSA) is 80.5 Å². The number of aryl methyl sites for hydroxylation is 1. The SMILES string of the molecule is Cc1cnc2nc3sc(Sc4ccc(C(=O)N5CCc6ccccc6C5)cc4)nn3c(=O)c2c1. The van der Waals surface area contributed by atoms with Crippen molar-refractivity contribution in [3.63, 3.8) is 0 Å². The zero-order valence-corrected chi connectivity index (χ0v) is 19.9. The lowest BCUT2D eigenvalue weighted by molar-refractivity contribution is 0.0734. The third kappa shape index (κ3) is 3.76. The van der Waals surface area contributed by atoms with E-state index in [1.807, 2.05) is 48.2 Å². The zero-order chi connectivity index (χ0) is 23.2. The van der Waals surface area contributed by atoms with Gasteiger partial charge in [-0.25, -0.2) is 4.98 Å². The van der Waals surface area contributed by atoms with Crippen LogP contribution < -0.4 is 5.56 Å². The second-order valence-corrected chi connectivity index (χ2v) is 10.5. The van der Waals surface area contributed by atoms with E-state index in [1.54, 1.807) is 12.3 Å². The van der Waals surface area contributed by atoms with Gasteiger partial charge in [0.1, 0.15) is 0 Å². The molecule has 0 aliphatic carbocycles. The third-order valence-corrected chi connectivity index (χ3v) is 7.86. The van der Waals surface area contributed by atoms with Gasteiger partial charge in [-0.05, 0) is 60.4 Å². The fourth-order valence-electron chi connectivity index (χ4n) is 4.14. The minimum atomic E-state index is -0.219. The van der Waals surface area contributed by atoms with Crippen LogP contribution in [-0.2, 0) is 13.0 Å². The van der Waals surface area contributed by atoms with Crippen LogP contribution in [0.2, 0.25) is 0 Å². The van der Waals surface area contributed by atoms with Crippen molar-refractivity contribution in [1.29, 1.82) is 0 Å². The van der Waals surface area contributed by atoms with E-state index in [0.29, 0.717) is 32.4 Å². The number of hydrogen-bond acceptors (Lipinski definition) is 7. The molecule has 1 aliphatic rings. The van der Waals surface area contributed by atoms with Crippen molar-refractivity contribution in [2.75, 3.05) is 6.54 Å². The van der Waals surface area contributed by atoms with Crippen molar-refractivity contribution < 1.29 is 4.79 Å². The Balaban J connectivity index is 1.22. The number of carbonyl (C=O) groups excluding carboxylic acids is 1. The van der Waals surface area contributed by atoms with E-state index in [4.69, 9.17) is 0 Å². The smallest absolute Gasteiger partial charge is 0.284 e. The van der Waals surface area contributed by atoms with Gasteiger partial charge < -0.3 is 4.90 Å². The second-order valence-electron chi connectivity index (χ2n) is 8.23. The first kappa shape index (κ1) is 21.0. The van der Waals surface area contributed by atoms with Gasteiger partial charge in [-0.3, -0.25) is 9.59 Å². The average Bonchev–Trinajstić information content (AvgIpc) is 3.27. The van der Waals surface area contributed by atoms with E-state index in [0.717, 1.165) is 23.4 Å². The Morgan fingerprint density at radius 3 is 2.71 bits per heavy atom. The van der Waals surface area contributed by atoms with Crippen LogP contribution in [0.5, 0.6) is 0 Å². The van der Waals surface area contributed by atoms with E-state index in [2.05, 4.69) is 27.2 Å². The van der Waals surface area contributed by atoms with Crippen molar-refractivity contribution in [2.45, 2.75) is 29.1 Å². The molecule has 0 atom stereocenters. The number of aromatic nitrogens is 4. The minimum Gasteiger partial charge on any atom is -0.334 e. The molecule has 1 aliphatic heterocycles. The van der Waals surface area contributed by atoms with Gasteiger partial charge in [0.15, 0.2) is 9.99 Å². The maximum Gasteiger partial charge on any atom is 0.284 e. The first-order valence-electron chi connectivity index (χ1n) is 10.9. The minimum absolute atomic E-state index is 0.0382. The Hall–Kier alpha value is -3.56. The standard InChI is InChI=1S/C25H19N5O2S2/c1-15-12-20-21(26-13-15)27-24-30(23(20)32)28-25(34-24)33-19-8-6-17(7-9-19)22(31)29-11-10-16-4-2-3-5-18(16)14-29/h2-9,12-13H,10-11,14H2,1H3. The molecule has 0 radical (unpaired) electrons. The van der Waals surface area contributed by atoms with Gasteiger partial charge in [0.25, 0.3) is 11.5 Å². The molecule has 0 spiro atoms. The quantitative estimate of drug-likeness (QED) is 0.378. The lowest BCUT2D eigenvalue weighted by Gasteiger charge is -2.29. The summed E-state index contributed by atoms with van der Waals surface area (Å²) in [6, 6.07) is 17.6. The summed E-state index contributed by atoms with van der Waals surface area (Å²) in [7, 11) is 0. The highest BCUT2D eigenvalue weighted by atomic mass is 32.2. The molecule has 7 nitrogen and oxygen atoms in total. The van der Waals surface area contributed by atoms with E-state index in [1.165, 1.54) is 38.7 Å². The van der Waals surface area contributed by atoms with Crippen LogP contribution in [0, 0.1) is 6.92 Å². The predicted octanol–water partition coefficient (Wildman–Crippen LogP) is 4.36. The summed E-state index contributed by atoms with van der Waals surface area (Å²) in [4.78, 5) is 38.0. The summed E-state index contributed by atoms with van der Waals surface area (Å²) >= 11 is 2.78. The number of fused-ring (bicyclic) bond motifs is 3. The molecule has 0 saturated heterocycles. The molecule has 34 heavy (non-hydrogen) atoms. The van der Waals surface area contributed by atoms with Crippen molar-refractivity contribution in [3.05, 3.63) is 93.4 Å². The monoisotopic (exact) mass is 485 g/mol. The summed E-state index contributed by atoms with van der Waals surface area (Å²) in [5.74, 6) is 0.0382. The molecule has 0 bridgehead atoms. The maximum atomic E-state index is 13.0. The number of amides is 1. The summed E-state index contributed by atoms with van der Waals surface area (Å²) in [5.41, 5.74) is 4.31. The van der Waals surface area contributed by atoms with E-state index < -0.39 is 0 Å². The second kappa shape index (κ2) is 8.34. The van der Waals surface area contributed by atoms with Crippen LogP contribution in [0.4, 0.5) is 0 Å². The van der Waals surface area contributed by atoms with E-state index in [-0.39, 0.29) is 11.5 Å². The van der Waals surface area contributed by atoms with Crippen LogP contribution >= 0.6 is 23.1 Å². The Bertz CT molecular complexity index is 1620. The molecule has 1 amide bonds. The van der Waals surface area contributed by atoms with E-state index >= 15 is 0 Å². The van der Waals surface area contributed by atoms with Gasteiger partial charge in [-0.15, -0.1) is 5.10 Å². The zero-order valence-electron chi connectivity index (χ0n) is 18.3. The van der Waals surface area contributed by atoms with Crippen molar-refractivity contribution in [2.24, 2.45) is 0 Å². The normalized spacial score (nSPS) is 13.4. The van der Waals surface area contributed by atoms with Crippen molar-refractivity contribution >= 4 is 45.0 Å². The van der Waals surface area contributed by atoms with Crippen LogP contribution in [0.1, 0.15) is 27.0 Å². The third-order valence-electron chi connectivity index (χ3n) is 5.89.